The number of fused-ring (bicyclic) bond motifs is 2. The summed E-state index contributed by atoms with van der Waals surface area (Å²) in [6.45, 7) is 13.1. The highest BCUT2D eigenvalue weighted by Gasteiger charge is 2.53. The number of aryl methyl sites for hydroxylation is 1. The highest BCUT2D eigenvalue weighted by Crippen LogP contribution is 2.47. The monoisotopic (exact) mass is 1130 g/mol. The van der Waals surface area contributed by atoms with Crippen LogP contribution in [0.5, 0.6) is 5.75 Å². The summed E-state index contributed by atoms with van der Waals surface area (Å²) < 4.78 is 52.5. The van der Waals surface area contributed by atoms with Crippen molar-refractivity contribution >= 4 is 50.7 Å². The van der Waals surface area contributed by atoms with E-state index >= 15 is 0 Å². The summed E-state index contributed by atoms with van der Waals surface area (Å²) in [4.78, 5) is 44.3. The van der Waals surface area contributed by atoms with Crippen LogP contribution in [0, 0.1) is 17.3 Å². The number of anilines is 2. The highest BCUT2D eigenvalue weighted by molar-refractivity contribution is 7.89. The van der Waals surface area contributed by atoms with Gasteiger partial charge in [-0.1, -0.05) is 117 Å². The first-order valence-corrected chi connectivity index (χ1v) is 31.1. The van der Waals surface area contributed by atoms with Crippen molar-refractivity contribution in [1.29, 1.82) is 0 Å². The molecule has 1 aliphatic carbocycles. The van der Waals surface area contributed by atoms with Crippen LogP contribution in [0.1, 0.15) is 163 Å². The number of ether oxygens (including phenoxy) is 4. The van der Waals surface area contributed by atoms with Gasteiger partial charge in [0.2, 0.25) is 15.9 Å². The van der Waals surface area contributed by atoms with Crippen LogP contribution >= 0.6 is 11.3 Å². The summed E-state index contributed by atoms with van der Waals surface area (Å²) in [5.74, 6) is -1.59. The SMILES string of the molecule is CCCCCCCCCCCCCC(=O)Nc1ccc(CN(C)c2ccc(C[C@H](NC(=O)O[C@H]3CO[C@@]4(C)OCC[C@@H]34)[C@H](O)CN(CC(C)C)S(=O)(=O)c3ccc(OC)cc3)cc2)c(-c2sc3c(c2C(=O)O)CC(C)(C)CC3)c1. The van der Waals surface area contributed by atoms with Gasteiger partial charge in [0.15, 0.2) is 5.79 Å². The van der Waals surface area contributed by atoms with E-state index in [1.54, 1.807) is 23.5 Å². The molecule has 3 heterocycles. The minimum atomic E-state index is -4.09. The molecule has 79 heavy (non-hydrogen) atoms. The van der Waals surface area contributed by atoms with Gasteiger partial charge in [-0.25, -0.2) is 18.0 Å². The van der Waals surface area contributed by atoms with Gasteiger partial charge >= 0.3 is 12.1 Å². The zero-order chi connectivity index (χ0) is 56.9. The first-order chi connectivity index (χ1) is 37.7. The van der Waals surface area contributed by atoms with Crippen molar-refractivity contribution in [1.82, 2.24) is 9.62 Å². The molecule has 0 spiro atoms. The molecule has 2 aliphatic heterocycles. The van der Waals surface area contributed by atoms with E-state index in [1.165, 1.54) is 74.9 Å². The number of aliphatic hydroxyl groups is 1. The molecule has 4 aromatic rings. The van der Waals surface area contributed by atoms with Crippen LogP contribution in [-0.2, 0) is 54.8 Å². The number of hydrogen-bond donors (Lipinski definition) is 4. The molecule has 5 atom stereocenters. The van der Waals surface area contributed by atoms with Crippen molar-refractivity contribution in [2.24, 2.45) is 17.3 Å². The zero-order valence-corrected chi connectivity index (χ0v) is 49.7. The van der Waals surface area contributed by atoms with Crippen LogP contribution in [-0.4, -0.2) is 105 Å². The molecular weight excluding hydrogens is 1040 g/mol. The summed E-state index contributed by atoms with van der Waals surface area (Å²) in [5, 5.41) is 28.9. The largest absolute Gasteiger partial charge is 0.497 e. The van der Waals surface area contributed by atoms with Crippen LogP contribution in [0.25, 0.3) is 10.4 Å². The number of thiophene rings is 1. The third-order valence-electron chi connectivity index (χ3n) is 16.0. The number of alkyl carbamates (subject to hydrolysis) is 1. The van der Waals surface area contributed by atoms with Gasteiger partial charge in [0, 0.05) is 54.2 Å². The number of amides is 2. The summed E-state index contributed by atoms with van der Waals surface area (Å²) in [6.07, 6.45) is 14.2. The van der Waals surface area contributed by atoms with Gasteiger partial charge in [0.25, 0.3) is 0 Å². The predicted octanol–water partition coefficient (Wildman–Crippen LogP) is 12.4. The maximum absolute atomic E-state index is 14.2. The van der Waals surface area contributed by atoms with Crippen LogP contribution in [0.15, 0.2) is 71.6 Å². The number of nitrogens with one attached hydrogen (secondary N) is 2. The zero-order valence-electron chi connectivity index (χ0n) is 48.1. The van der Waals surface area contributed by atoms with Gasteiger partial charge in [-0.05, 0) is 128 Å². The van der Waals surface area contributed by atoms with E-state index in [9.17, 15) is 33.0 Å². The molecule has 0 bridgehead atoms. The Hall–Kier alpha value is -5.04. The molecule has 434 valence electrons. The molecule has 17 heteroatoms. The average molecular weight is 1130 g/mol. The van der Waals surface area contributed by atoms with Gasteiger partial charge in [-0.15, -0.1) is 11.3 Å². The quantitative estimate of drug-likeness (QED) is 0.0362. The molecule has 2 saturated heterocycles. The summed E-state index contributed by atoms with van der Waals surface area (Å²) in [6, 6.07) is 18.7. The molecule has 2 fully saturated rings. The van der Waals surface area contributed by atoms with E-state index in [-0.39, 0.29) is 54.2 Å². The summed E-state index contributed by atoms with van der Waals surface area (Å²) in [7, 11) is -0.619. The Morgan fingerprint density at radius 1 is 0.886 bits per heavy atom. The Labute approximate surface area is 474 Å². The van der Waals surface area contributed by atoms with Crippen LogP contribution in [0.3, 0.4) is 0 Å². The molecule has 2 amide bonds. The smallest absolute Gasteiger partial charge is 0.407 e. The highest BCUT2D eigenvalue weighted by atomic mass is 32.2. The van der Waals surface area contributed by atoms with Crippen molar-refractivity contribution in [3.63, 3.8) is 0 Å². The minimum absolute atomic E-state index is 0.0303. The topological polar surface area (TPSA) is 193 Å². The minimum Gasteiger partial charge on any atom is -0.497 e. The number of rotatable bonds is 30. The lowest BCUT2D eigenvalue weighted by molar-refractivity contribution is -0.181. The molecule has 15 nitrogen and oxygen atoms in total. The van der Waals surface area contributed by atoms with E-state index < -0.39 is 46.1 Å². The average Bonchev–Trinajstić information content (AvgIpc) is 4.27. The number of carboxylic acid groups (broad SMARTS) is 1. The van der Waals surface area contributed by atoms with E-state index in [0.717, 1.165) is 64.9 Å². The molecule has 4 N–H and O–H groups in total. The number of carboxylic acids is 1. The van der Waals surface area contributed by atoms with Crippen molar-refractivity contribution in [3.8, 4) is 16.2 Å². The first kappa shape index (κ1) is 61.6. The first-order valence-electron chi connectivity index (χ1n) is 28.9. The van der Waals surface area contributed by atoms with Gasteiger partial charge in [-0.3, -0.25) is 4.79 Å². The number of benzene rings is 3. The second-order valence-electron chi connectivity index (χ2n) is 23.5. The second-order valence-corrected chi connectivity index (χ2v) is 26.6. The normalized spacial score (nSPS) is 19.4. The molecule has 3 aliphatic rings. The molecule has 7 rings (SSSR count). The number of sulfonamides is 1. The number of aliphatic hydroxyl groups excluding tert-OH is 1. The van der Waals surface area contributed by atoms with E-state index in [1.807, 2.05) is 70.3 Å². The third-order valence-corrected chi connectivity index (χ3v) is 19.2. The van der Waals surface area contributed by atoms with Gasteiger partial charge in [-0.2, -0.15) is 4.31 Å². The Balaban J connectivity index is 1.08. The predicted molar refractivity (Wildman–Crippen MR) is 313 cm³/mol. The third kappa shape index (κ3) is 16.6. The Morgan fingerprint density at radius 2 is 1.56 bits per heavy atom. The summed E-state index contributed by atoms with van der Waals surface area (Å²) >= 11 is 1.55. The van der Waals surface area contributed by atoms with Gasteiger partial charge in [0.05, 0.1) is 48.8 Å². The van der Waals surface area contributed by atoms with E-state index in [4.69, 9.17) is 18.9 Å². The van der Waals surface area contributed by atoms with E-state index in [2.05, 4.69) is 36.3 Å². The number of carbonyl (C=O) groups is 3. The van der Waals surface area contributed by atoms with Crippen LogP contribution in [0.4, 0.5) is 16.2 Å². The molecule has 0 unspecified atom stereocenters. The lowest BCUT2D eigenvalue weighted by atomic mass is 9.76. The Kier molecular flexibility index (Phi) is 21.9. The number of unbranched alkanes of at least 4 members (excludes halogenated alkanes) is 10. The lowest BCUT2D eigenvalue weighted by Crippen LogP contribution is -2.51. The van der Waals surface area contributed by atoms with Gasteiger partial charge < -0.3 is 44.7 Å². The second kappa shape index (κ2) is 28.1. The number of aromatic carboxylic acids is 1. The number of hydrogen-bond acceptors (Lipinski definition) is 12. The van der Waals surface area contributed by atoms with Crippen LogP contribution < -0.4 is 20.3 Å². The molecule has 3 aromatic carbocycles. The Morgan fingerprint density at radius 3 is 2.20 bits per heavy atom. The van der Waals surface area contributed by atoms with E-state index in [0.29, 0.717) is 54.3 Å². The van der Waals surface area contributed by atoms with Crippen LogP contribution in [0.2, 0.25) is 0 Å². The van der Waals surface area contributed by atoms with Crippen molar-refractivity contribution < 1.29 is 52.0 Å². The lowest BCUT2D eigenvalue weighted by Gasteiger charge is -2.31. The molecule has 0 radical (unpaired) electrons. The molecule has 0 saturated carbocycles. The number of methoxy groups -OCH3 is 1. The fourth-order valence-electron chi connectivity index (χ4n) is 11.4. The Bertz CT molecular complexity index is 2760. The summed E-state index contributed by atoms with van der Waals surface area (Å²) in [5.41, 5.74) is 5.13. The van der Waals surface area contributed by atoms with Gasteiger partial charge in [0.1, 0.15) is 11.9 Å². The van der Waals surface area contributed by atoms with Crippen molar-refractivity contribution in [3.05, 3.63) is 93.9 Å². The molecular formula is C62H88N4O11S2. The standard InChI is InChI=1S/C62H88N4O11S2/c1-9-10-11-12-13-14-15-16-17-18-19-20-56(68)63-45-24-23-44(49(36-45)58-57(59(69)70)50-37-61(4,5)33-31-55(50)78-58)39-65(7)46-25-21-43(22-26-46)35-52(64-60(71)77-54-41-76-62(6)51(54)32-34-75-62)53(67)40-66(38-42(2)3)79(72,73)48-29-27-47(74-8)28-30-48/h21-30,36,42,51-54,67H,9-20,31-35,37-41H2,1-8H3,(H,63,68)(H,64,71)(H,69,70)/t51-,52-,53+,54-,62+/m0/s1. The van der Waals surface area contributed by atoms with Crippen molar-refractivity contribution in [2.45, 2.75) is 186 Å². The number of nitrogens with zero attached hydrogens (tertiary/aromatic N) is 2. The maximum atomic E-state index is 14.2. The molecule has 1 aromatic heterocycles. The van der Waals surface area contributed by atoms with Crippen molar-refractivity contribution in [2.75, 3.05) is 50.7 Å². The maximum Gasteiger partial charge on any atom is 0.407 e. The fraction of sp³-hybridized carbons (Fsp3) is 0.597. The number of carbonyl (C=O) groups excluding carboxylic acids is 2. The fourth-order valence-corrected chi connectivity index (χ4v) is 14.4.